The standard InChI is InChI=1S/C10H18O6S/c1-7(13-3-9-5-15-9)17(11,12)8(2)14-4-10-6-16-10/h7-10H,3-6H2,1-2H3. The van der Waals surface area contributed by atoms with Gasteiger partial charge in [0.25, 0.3) is 0 Å². The van der Waals surface area contributed by atoms with E-state index in [1.807, 2.05) is 0 Å². The monoisotopic (exact) mass is 266 g/mol. The molecule has 4 atom stereocenters. The van der Waals surface area contributed by atoms with Gasteiger partial charge >= 0.3 is 0 Å². The largest absolute Gasteiger partial charge is 0.371 e. The van der Waals surface area contributed by atoms with Crippen LogP contribution in [0.2, 0.25) is 0 Å². The molecule has 4 unspecified atom stereocenters. The summed E-state index contributed by atoms with van der Waals surface area (Å²) in [6, 6.07) is 0. The van der Waals surface area contributed by atoms with Crippen molar-refractivity contribution in [2.45, 2.75) is 36.9 Å². The van der Waals surface area contributed by atoms with Crippen molar-refractivity contribution in [2.24, 2.45) is 0 Å². The summed E-state index contributed by atoms with van der Waals surface area (Å²) in [7, 11) is -3.43. The number of sulfone groups is 1. The molecule has 0 spiro atoms. The van der Waals surface area contributed by atoms with Gasteiger partial charge in [-0.2, -0.15) is 0 Å². The minimum Gasteiger partial charge on any atom is -0.371 e. The molecule has 0 radical (unpaired) electrons. The summed E-state index contributed by atoms with van der Waals surface area (Å²) in [5, 5.41) is 0. The molecule has 2 fully saturated rings. The van der Waals surface area contributed by atoms with Crippen molar-refractivity contribution in [2.75, 3.05) is 26.4 Å². The normalized spacial score (nSPS) is 30.9. The highest BCUT2D eigenvalue weighted by atomic mass is 32.2. The van der Waals surface area contributed by atoms with Gasteiger partial charge in [0.15, 0.2) is 10.9 Å². The summed E-state index contributed by atoms with van der Waals surface area (Å²) >= 11 is 0. The van der Waals surface area contributed by atoms with Crippen LogP contribution in [0.3, 0.4) is 0 Å². The van der Waals surface area contributed by atoms with Crippen molar-refractivity contribution < 1.29 is 27.4 Å². The quantitative estimate of drug-likeness (QED) is 0.572. The van der Waals surface area contributed by atoms with E-state index in [9.17, 15) is 8.42 Å². The zero-order valence-electron chi connectivity index (χ0n) is 10.00. The van der Waals surface area contributed by atoms with Crippen molar-refractivity contribution >= 4 is 9.84 Å². The van der Waals surface area contributed by atoms with Crippen molar-refractivity contribution in [1.29, 1.82) is 0 Å². The second-order valence-corrected chi connectivity index (χ2v) is 6.81. The van der Waals surface area contributed by atoms with Crippen LogP contribution in [0.25, 0.3) is 0 Å². The van der Waals surface area contributed by atoms with E-state index in [0.717, 1.165) is 0 Å². The Hall–Kier alpha value is -0.210. The smallest absolute Gasteiger partial charge is 0.203 e. The maximum absolute atomic E-state index is 12.0. The Balaban J connectivity index is 1.76. The zero-order chi connectivity index (χ0) is 12.5. The van der Waals surface area contributed by atoms with Gasteiger partial charge in [0.05, 0.1) is 26.4 Å². The third-order valence-electron chi connectivity index (χ3n) is 2.76. The molecule has 0 amide bonds. The SMILES string of the molecule is CC(OCC1CO1)S(=O)(=O)C(C)OCC1CO1. The minimum atomic E-state index is -3.43. The highest BCUT2D eigenvalue weighted by Gasteiger charge is 2.33. The maximum Gasteiger partial charge on any atom is 0.203 e. The molecule has 100 valence electrons. The van der Waals surface area contributed by atoms with Crippen LogP contribution in [0, 0.1) is 0 Å². The molecule has 0 aromatic rings. The van der Waals surface area contributed by atoms with Crippen LogP contribution in [0.1, 0.15) is 13.8 Å². The van der Waals surface area contributed by atoms with Gasteiger partial charge in [0.2, 0.25) is 9.84 Å². The number of hydrogen-bond acceptors (Lipinski definition) is 6. The van der Waals surface area contributed by atoms with Gasteiger partial charge in [-0.15, -0.1) is 0 Å². The molecule has 17 heavy (non-hydrogen) atoms. The molecule has 0 bridgehead atoms. The molecular formula is C10H18O6S. The third-order valence-corrected chi connectivity index (χ3v) is 4.89. The fourth-order valence-corrected chi connectivity index (χ4v) is 2.35. The van der Waals surface area contributed by atoms with E-state index in [2.05, 4.69) is 0 Å². The van der Waals surface area contributed by atoms with Gasteiger partial charge in [-0.25, -0.2) is 8.42 Å². The molecule has 0 saturated carbocycles. The Morgan fingerprint density at radius 2 is 1.41 bits per heavy atom. The number of ether oxygens (including phenoxy) is 4. The van der Waals surface area contributed by atoms with Gasteiger partial charge in [0, 0.05) is 0 Å². The van der Waals surface area contributed by atoms with E-state index in [4.69, 9.17) is 18.9 Å². The first kappa shape index (κ1) is 13.2. The Morgan fingerprint density at radius 1 is 1.06 bits per heavy atom. The highest BCUT2D eigenvalue weighted by Crippen LogP contribution is 2.17. The van der Waals surface area contributed by atoms with E-state index in [1.54, 1.807) is 0 Å². The van der Waals surface area contributed by atoms with Crippen LogP contribution in [0.5, 0.6) is 0 Å². The Kier molecular flexibility index (Phi) is 4.04. The Morgan fingerprint density at radius 3 is 1.71 bits per heavy atom. The fourth-order valence-electron chi connectivity index (χ4n) is 1.27. The van der Waals surface area contributed by atoms with E-state index in [-0.39, 0.29) is 12.2 Å². The van der Waals surface area contributed by atoms with E-state index < -0.39 is 20.7 Å². The van der Waals surface area contributed by atoms with Crippen LogP contribution in [-0.4, -0.2) is 57.9 Å². The van der Waals surface area contributed by atoms with Crippen molar-refractivity contribution in [3.63, 3.8) is 0 Å². The average molecular weight is 266 g/mol. The lowest BCUT2D eigenvalue weighted by molar-refractivity contribution is 0.0775. The van der Waals surface area contributed by atoms with Crippen LogP contribution < -0.4 is 0 Å². The topological polar surface area (TPSA) is 77.7 Å². The third kappa shape index (κ3) is 3.89. The van der Waals surface area contributed by atoms with Crippen molar-refractivity contribution in [3.8, 4) is 0 Å². The Bertz CT molecular complexity index is 318. The summed E-state index contributed by atoms with van der Waals surface area (Å²) in [6.45, 7) is 4.98. The van der Waals surface area contributed by atoms with E-state index >= 15 is 0 Å². The van der Waals surface area contributed by atoms with Gasteiger partial charge in [-0.1, -0.05) is 0 Å². The average Bonchev–Trinajstić information content (AvgIpc) is 3.15. The molecular weight excluding hydrogens is 248 g/mol. The molecule has 0 aliphatic carbocycles. The lowest BCUT2D eigenvalue weighted by Gasteiger charge is -2.19. The van der Waals surface area contributed by atoms with E-state index in [0.29, 0.717) is 26.4 Å². The minimum absolute atomic E-state index is 0.0590. The van der Waals surface area contributed by atoms with Crippen LogP contribution in [-0.2, 0) is 28.8 Å². The second-order valence-electron chi connectivity index (χ2n) is 4.30. The predicted molar refractivity (Wildman–Crippen MR) is 59.2 cm³/mol. The van der Waals surface area contributed by atoms with Crippen LogP contribution >= 0.6 is 0 Å². The molecule has 2 rings (SSSR count). The van der Waals surface area contributed by atoms with Crippen molar-refractivity contribution in [1.82, 2.24) is 0 Å². The summed E-state index contributed by atoms with van der Waals surface area (Å²) in [5.41, 5.74) is -1.75. The molecule has 0 N–H and O–H groups in total. The lowest BCUT2D eigenvalue weighted by Crippen LogP contribution is -2.33. The zero-order valence-corrected chi connectivity index (χ0v) is 10.8. The van der Waals surface area contributed by atoms with Crippen LogP contribution in [0.4, 0.5) is 0 Å². The maximum atomic E-state index is 12.0. The molecule has 7 heteroatoms. The summed E-state index contributed by atoms with van der Waals surface area (Å²) in [6.07, 6.45) is 0.118. The molecule has 2 saturated heterocycles. The molecule has 2 aliphatic rings. The highest BCUT2D eigenvalue weighted by molar-refractivity contribution is 7.92. The van der Waals surface area contributed by atoms with Gasteiger partial charge in [0.1, 0.15) is 12.2 Å². The molecule has 6 nitrogen and oxygen atoms in total. The molecule has 2 heterocycles. The first-order valence-electron chi connectivity index (χ1n) is 5.69. The molecule has 2 aliphatic heterocycles. The second kappa shape index (κ2) is 5.19. The number of epoxide rings is 2. The van der Waals surface area contributed by atoms with Crippen molar-refractivity contribution in [3.05, 3.63) is 0 Å². The fraction of sp³-hybridized carbons (Fsp3) is 1.00. The predicted octanol–water partition coefficient (Wildman–Crippen LogP) is -0.0760. The summed E-state index contributed by atoms with van der Waals surface area (Å²) < 4.78 is 44.3. The van der Waals surface area contributed by atoms with E-state index in [1.165, 1.54) is 13.8 Å². The van der Waals surface area contributed by atoms with Crippen LogP contribution in [0.15, 0.2) is 0 Å². The van der Waals surface area contributed by atoms with Gasteiger partial charge < -0.3 is 18.9 Å². The lowest BCUT2D eigenvalue weighted by atomic mass is 10.5. The first-order valence-corrected chi connectivity index (χ1v) is 7.30. The summed E-state index contributed by atoms with van der Waals surface area (Å²) in [4.78, 5) is 0. The Labute approximate surface area is 101 Å². The first-order chi connectivity index (χ1) is 8.00. The molecule has 0 aromatic heterocycles. The number of hydrogen-bond donors (Lipinski definition) is 0. The molecule has 0 aromatic carbocycles. The van der Waals surface area contributed by atoms with Gasteiger partial charge in [-0.05, 0) is 13.8 Å². The van der Waals surface area contributed by atoms with Gasteiger partial charge in [-0.3, -0.25) is 0 Å². The number of rotatable bonds is 8. The summed E-state index contributed by atoms with van der Waals surface area (Å²) in [5.74, 6) is 0.